The minimum Gasteiger partial charge on any atom is -0.465 e. The molecule has 0 bridgehead atoms. The summed E-state index contributed by atoms with van der Waals surface area (Å²) in [4.78, 5) is 31.1. The number of likely N-dealkylation sites (tertiary alicyclic amines) is 1. The first-order chi connectivity index (χ1) is 15.5. The van der Waals surface area contributed by atoms with Crippen LogP contribution < -0.4 is 5.32 Å². The van der Waals surface area contributed by atoms with Crippen LogP contribution in [0.1, 0.15) is 29.1 Å². The van der Waals surface area contributed by atoms with Crippen LogP contribution in [0.3, 0.4) is 0 Å². The van der Waals surface area contributed by atoms with Gasteiger partial charge in [-0.25, -0.2) is 4.79 Å². The van der Waals surface area contributed by atoms with Crippen molar-refractivity contribution in [3.05, 3.63) is 64.5 Å². The maximum atomic E-state index is 12.7. The molecule has 0 aliphatic carbocycles. The molecule has 1 fully saturated rings. The monoisotopic (exact) mass is 498 g/mol. The van der Waals surface area contributed by atoms with Crippen molar-refractivity contribution in [1.29, 1.82) is 0 Å². The van der Waals surface area contributed by atoms with Crippen LogP contribution in [0.15, 0.2) is 57.5 Å². The van der Waals surface area contributed by atoms with Gasteiger partial charge in [-0.2, -0.15) is 4.98 Å². The Balaban J connectivity index is 1.28. The number of nitrogens with one attached hydrogen (secondary N) is 1. The van der Waals surface area contributed by atoms with Gasteiger partial charge >= 0.3 is 5.97 Å². The standard InChI is InChI=1S/C23H23BrN4O4/c1-31-23(30)17-3-2-4-19(13-17)25-22(29)16-9-11-28(12-10-16)14-20-26-21(27-32-20)15-5-7-18(24)8-6-15/h2-8,13,16H,9-12,14H2,1H3,(H,25,29). The SMILES string of the molecule is COC(=O)c1cccc(NC(=O)C2CCN(Cc3nc(-c4ccc(Br)cc4)no3)CC2)c1. The number of hydrogen-bond acceptors (Lipinski definition) is 7. The molecule has 32 heavy (non-hydrogen) atoms. The summed E-state index contributed by atoms with van der Waals surface area (Å²) in [6.45, 7) is 2.08. The number of aromatic nitrogens is 2. The second-order valence-corrected chi connectivity index (χ2v) is 8.55. The molecular formula is C23H23BrN4O4. The smallest absolute Gasteiger partial charge is 0.337 e. The molecule has 0 saturated carbocycles. The van der Waals surface area contributed by atoms with Crippen molar-refractivity contribution < 1.29 is 18.8 Å². The Bertz CT molecular complexity index is 1090. The van der Waals surface area contributed by atoms with E-state index in [2.05, 4.69) is 36.3 Å². The molecule has 3 aromatic rings. The van der Waals surface area contributed by atoms with E-state index in [1.165, 1.54) is 7.11 Å². The van der Waals surface area contributed by atoms with Crippen molar-refractivity contribution in [2.24, 2.45) is 5.92 Å². The van der Waals surface area contributed by atoms with E-state index < -0.39 is 5.97 Å². The number of carbonyl (C=O) groups is 2. The molecular weight excluding hydrogens is 476 g/mol. The number of nitrogens with zero attached hydrogens (tertiary/aromatic N) is 3. The number of benzene rings is 2. The van der Waals surface area contributed by atoms with Gasteiger partial charge in [-0.3, -0.25) is 9.69 Å². The van der Waals surface area contributed by atoms with Gasteiger partial charge in [0.05, 0.1) is 19.2 Å². The van der Waals surface area contributed by atoms with E-state index >= 15 is 0 Å². The summed E-state index contributed by atoms with van der Waals surface area (Å²) in [5.41, 5.74) is 1.89. The van der Waals surface area contributed by atoms with Gasteiger partial charge in [-0.05, 0) is 68.4 Å². The first kappa shape index (κ1) is 22.2. The second kappa shape index (κ2) is 10.1. The maximum Gasteiger partial charge on any atom is 0.337 e. The van der Waals surface area contributed by atoms with Crippen LogP contribution in [0.25, 0.3) is 11.4 Å². The van der Waals surface area contributed by atoms with Gasteiger partial charge in [0.1, 0.15) is 0 Å². The highest BCUT2D eigenvalue weighted by atomic mass is 79.9. The second-order valence-electron chi connectivity index (χ2n) is 7.63. The minimum atomic E-state index is -0.432. The molecule has 1 aliphatic rings. The van der Waals surface area contributed by atoms with Gasteiger partial charge < -0.3 is 14.6 Å². The molecule has 0 radical (unpaired) electrons. The highest BCUT2D eigenvalue weighted by Crippen LogP contribution is 2.23. The third-order valence-corrected chi connectivity index (χ3v) is 5.97. The van der Waals surface area contributed by atoms with Crippen LogP contribution in [0.5, 0.6) is 0 Å². The molecule has 0 spiro atoms. The summed E-state index contributed by atoms with van der Waals surface area (Å²) in [6.07, 6.45) is 1.46. The van der Waals surface area contributed by atoms with Crippen LogP contribution in [0, 0.1) is 5.92 Å². The maximum absolute atomic E-state index is 12.7. The molecule has 1 saturated heterocycles. The number of rotatable bonds is 6. The average molecular weight is 499 g/mol. The van der Waals surface area contributed by atoms with Crippen molar-refractivity contribution in [2.45, 2.75) is 19.4 Å². The Morgan fingerprint density at radius 1 is 1.19 bits per heavy atom. The molecule has 4 rings (SSSR count). The lowest BCUT2D eigenvalue weighted by Crippen LogP contribution is -2.37. The molecule has 166 valence electrons. The zero-order valence-electron chi connectivity index (χ0n) is 17.6. The number of hydrogen-bond donors (Lipinski definition) is 1. The quantitative estimate of drug-likeness (QED) is 0.510. The largest absolute Gasteiger partial charge is 0.465 e. The topological polar surface area (TPSA) is 97.6 Å². The van der Waals surface area contributed by atoms with Crippen LogP contribution in [-0.4, -0.2) is 47.1 Å². The summed E-state index contributed by atoms with van der Waals surface area (Å²) in [5.74, 6) is 0.566. The third kappa shape index (κ3) is 5.41. The number of amides is 1. The normalized spacial score (nSPS) is 14.8. The molecule has 8 nitrogen and oxygen atoms in total. The molecule has 0 atom stereocenters. The van der Waals surface area contributed by atoms with Crippen LogP contribution in [-0.2, 0) is 16.1 Å². The van der Waals surface area contributed by atoms with Gasteiger partial charge in [0.2, 0.25) is 17.6 Å². The lowest BCUT2D eigenvalue weighted by Gasteiger charge is -2.30. The van der Waals surface area contributed by atoms with Crippen LogP contribution in [0.4, 0.5) is 5.69 Å². The number of ether oxygens (including phenoxy) is 1. The lowest BCUT2D eigenvalue weighted by atomic mass is 9.95. The Morgan fingerprint density at radius 3 is 2.66 bits per heavy atom. The number of anilines is 1. The summed E-state index contributed by atoms with van der Waals surface area (Å²) < 4.78 is 11.1. The van der Waals surface area contributed by atoms with Crippen LogP contribution in [0.2, 0.25) is 0 Å². The van der Waals surface area contributed by atoms with Crippen LogP contribution >= 0.6 is 15.9 Å². The Kier molecular flexibility index (Phi) is 6.96. The van der Waals surface area contributed by atoms with Crippen molar-refractivity contribution in [1.82, 2.24) is 15.0 Å². The van der Waals surface area contributed by atoms with Crippen molar-refractivity contribution in [2.75, 3.05) is 25.5 Å². The van der Waals surface area contributed by atoms with Gasteiger partial charge in [-0.15, -0.1) is 0 Å². The molecule has 2 heterocycles. The molecule has 9 heteroatoms. The predicted molar refractivity (Wildman–Crippen MR) is 122 cm³/mol. The van der Waals surface area contributed by atoms with Gasteiger partial charge in [0.25, 0.3) is 0 Å². The lowest BCUT2D eigenvalue weighted by molar-refractivity contribution is -0.121. The summed E-state index contributed by atoms with van der Waals surface area (Å²) in [5, 5.41) is 6.98. The first-order valence-corrected chi connectivity index (χ1v) is 11.1. The third-order valence-electron chi connectivity index (χ3n) is 5.44. The van der Waals surface area contributed by atoms with Crippen molar-refractivity contribution >= 4 is 33.5 Å². The fourth-order valence-corrected chi connectivity index (χ4v) is 3.93. The van der Waals surface area contributed by atoms with Gasteiger partial charge in [0.15, 0.2) is 0 Å². The summed E-state index contributed by atoms with van der Waals surface area (Å²) in [6, 6.07) is 14.5. The van der Waals surface area contributed by atoms with Crippen molar-refractivity contribution in [3.8, 4) is 11.4 Å². The molecule has 0 unspecified atom stereocenters. The summed E-state index contributed by atoms with van der Waals surface area (Å²) >= 11 is 3.42. The van der Waals surface area contributed by atoms with E-state index in [1.54, 1.807) is 24.3 Å². The highest BCUT2D eigenvalue weighted by molar-refractivity contribution is 9.10. The Hall–Kier alpha value is -3.04. The highest BCUT2D eigenvalue weighted by Gasteiger charge is 2.26. The van der Waals surface area contributed by atoms with E-state index in [9.17, 15) is 9.59 Å². The van der Waals surface area contributed by atoms with E-state index in [0.717, 1.165) is 36.0 Å². The van der Waals surface area contributed by atoms with Gasteiger partial charge in [-0.1, -0.05) is 27.2 Å². The number of carbonyl (C=O) groups excluding carboxylic acids is 2. The fourth-order valence-electron chi connectivity index (χ4n) is 3.67. The fraction of sp³-hybridized carbons (Fsp3) is 0.304. The number of esters is 1. The van der Waals surface area contributed by atoms with Crippen molar-refractivity contribution in [3.63, 3.8) is 0 Å². The summed E-state index contributed by atoms with van der Waals surface area (Å²) in [7, 11) is 1.33. The van der Waals surface area contributed by atoms with E-state index in [0.29, 0.717) is 29.5 Å². The Morgan fingerprint density at radius 2 is 1.94 bits per heavy atom. The predicted octanol–water partition coefficient (Wildman–Crippen LogP) is 4.14. The molecule has 1 aliphatic heterocycles. The molecule has 1 N–H and O–H groups in total. The number of methoxy groups -OCH3 is 1. The van der Waals surface area contributed by atoms with E-state index in [4.69, 9.17) is 9.26 Å². The average Bonchev–Trinajstić information content (AvgIpc) is 3.28. The molecule has 1 amide bonds. The Labute approximate surface area is 194 Å². The van der Waals surface area contributed by atoms with E-state index in [-0.39, 0.29) is 11.8 Å². The minimum absolute atomic E-state index is 0.0398. The number of halogens is 1. The number of piperidine rings is 1. The first-order valence-electron chi connectivity index (χ1n) is 10.3. The molecule has 2 aromatic carbocycles. The molecule has 1 aromatic heterocycles. The zero-order valence-corrected chi connectivity index (χ0v) is 19.2. The van der Waals surface area contributed by atoms with Gasteiger partial charge in [0, 0.05) is 21.6 Å². The zero-order chi connectivity index (χ0) is 22.5. The van der Waals surface area contributed by atoms with E-state index in [1.807, 2.05) is 24.3 Å².